The quantitative estimate of drug-likeness (QED) is 0.249. The van der Waals surface area contributed by atoms with Crippen LogP contribution in [0.5, 0.6) is 0 Å². The fraction of sp³-hybridized carbons (Fsp3) is 0.444. The molecule has 1 saturated carbocycles. The highest BCUT2D eigenvalue weighted by Gasteiger charge is 2.28. The highest BCUT2D eigenvalue weighted by atomic mass is 35.5. The van der Waals surface area contributed by atoms with Gasteiger partial charge >= 0.3 is 0 Å². The molecule has 1 fully saturated rings. The molecule has 1 amide bonds. The summed E-state index contributed by atoms with van der Waals surface area (Å²) in [5.41, 5.74) is 8.21. The summed E-state index contributed by atoms with van der Waals surface area (Å²) in [7, 11) is 1.61. The van der Waals surface area contributed by atoms with E-state index in [4.69, 9.17) is 15.5 Å². The molecule has 1 aliphatic rings. The lowest BCUT2D eigenvalue weighted by Gasteiger charge is -2.31. The first-order valence-electron chi connectivity index (χ1n) is 12.4. The first-order valence-corrected chi connectivity index (χ1v) is 12.4. The van der Waals surface area contributed by atoms with Crippen molar-refractivity contribution in [2.24, 2.45) is 10.7 Å². The number of carbonyl (C=O) groups is 1. The number of pyridine rings is 1. The fourth-order valence-corrected chi connectivity index (χ4v) is 4.58. The molecular formula is C27H38Cl3N7O2. The van der Waals surface area contributed by atoms with Crippen LogP contribution in [-0.2, 0) is 4.74 Å². The van der Waals surface area contributed by atoms with Crippen molar-refractivity contribution in [1.82, 2.24) is 20.3 Å². The normalized spacial score (nSPS) is 17.3. The third kappa shape index (κ3) is 8.89. The van der Waals surface area contributed by atoms with Crippen LogP contribution in [0.2, 0.25) is 0 Å². The summed E-state index contributed by atoms with van der Waals surface area (Å²) in [6.45, 7) is 6.19. The van der Waals surface area contributed by atoms with Gasteiger partial charge in [-0.15, -0.1) is 37.2 Å². The van der Waals surface area contributed by atoms with Crippen LogP contribution in [0.1, 0.15) is 61.4 Å². The number of ether oxygens (including phenoxy) is 1. The van der Waals surface area contributed by atoms with Crippen LogP contribution in [0.25, 0.3) is 10.9 Å². The van der Waals surface area contributed by atoms with Crippen molar-refractivity contribution in [3.63, 3.8) is 0 Å². The van der Waals surface area contributed by atoms with Crippen LogP contribution < -0.4 is 16.4 Å². The van der Waals surface area contributed by atoms with Crippen LogP contribution in [-0.4, -0.2) is 58.0 Å². The van der Waals surface area contributed by atoms with E-state index in [9.17, 15) is 4.79 Å². The zero-order valence-corrected chi connectivity index (χ0v) is 25.1. The maximum absolute atomic E-state index is 13.1. The van der Waals surface area contributed by atoms with Gasteiger partial charge in [-0.2, -0.15) is 0 Å². The Hall–Kier alpha value is -2.72. The van der Waals surface area contributed by atoms with Gasteiger partial charge in [0.25, 0.3) is 5.91 Å². The number of amides is 1. The van der Waals surface area contributed by atoms with Gasteiger partial charge in [0.05, 0.1) is 23.7 Å². The van der Waals surface area contributed by atoms with Gasteiger partial charge in [0.15, 0.2) is 0 Å². The average Bonchev–Trinajstić information content (AvgIpc) is 2.85. The molecule has 0 unspecified atom stereocenters. The number of fused-ring (bicyclic) bond motifs is 1. The summed E-state index contributed by atoms with van der Waals surface area (Å²) in [6, 6.07) is 11.5. The van der Waals surface area contributed by atoms with Crippen molar-refractivity contribution in [2.75, 3.05) is 19.0 Å². The van der Waals surface area contributed by atoms with E-state index in [0.29, 0.717) is 29.5 Å². The molecule has 39 heavy (non-hydrogen) atoms. The van der Waals surface area contributed by atoms with Gasteiger partial charge in [-0.25, -0.2) is 9.97 Å². The summed E-state index contributed by atoms with van der Waals surface area (Å²) >= 11 is 0. The first kappa shape index (κ1) is 34.3. The molecule has 0 radical (unpaired) electrons. The van der Waals surface area contributed by atoms with Gasteiger partial charge in [0.1, 0.15) is 17.3 Å². The monoisotopic (exact) mass is 597 g/mol. The number of nitrogens with one attached hydrogen (secondary N) is 2. The van der Waals surface area contributed by atoms with Gasteiger partial charge in [-0.1, -0.05) is 30.5 Å². The summed E-state index contributed by atoms with van der Waals surface area (Å²) < 4.78 is 5.23. The first-order chi connectivity index (χ1) is 17.3. The number of methoxy groups -OCH3 is 1. The number of rotatable bonds is 8. The molecule has 0 saturated heterocycles. The Morgan fingerprint density at radius 1 is 1.13 bits per heavy atom. The molecule has 0 aliphatic heterocycles. The van der Waals surface area contributed by atoms with Crippen LogP contribution in [0.15, 0.2) is 47.6 Å². The van der Waals surface area contributed by atoms with Crippen LogP contribution in [0, 0.1) is 6.92 Å². The van der Waals surface area contributed by atoms with E-state index in [1.54, 1.807) is 13.3 Å². The number of nitrogens with two attached hydrogens (primary N) is 1. The molecule has 3 aromatic rings. The van der Waals surface area contributed by atoms with E-state index < -0.39 is 5.54 Å². The Bertz CT molecular complexity index is 1260. The predicted octanol–water partition coefficient (Wildman–Crippen LogP) is 4.88. The van der Waals surface area contributed by atoms with Crippen LogP contribution in [0.4, 0.5) is 5.82 Å². The lowest BCUT2D eigenvalue weighted by Crippen LogP contribution is -2.47. The summed E-state index contributed by atoms with van der Waals surface area (Å²) in [5, 5.41) is 7.44. The van der Waals surface area contributed by atoms with E-state index in [-0.39, 0.29) is 61.0 Å². The molecule has 1 aliphatic carbocycles. The van der Waals surface area contributed by atoms with Gasteiger partial charge in [-0.3, -0.25) is 14.8 Å². The molecule has 4 N–H and O–H groups in total. The molecule has 1 aromatic carbocycles. The minimum Gasteiger partial charge on any atom is -0.382 e. The zero-order valence-electron chi connectivity index (χ0n) is 22.6. The Kier molecular flexibility index (Phi) is 13.3. The third-order valence-corrected chi connectivity index (χ3v) is 6.30. The highest BCUT2D eigenvalue weighted by Crippen LogP contribution is 2.28. The van der Waals surface area contributed by atoms with Gasteiger partial charge in [0, 0.05) is 24.7 Å². The standard InChI is InChI=1S/C27H35N7O2.3ClH/c1-17-12-13-19-18(15-17)24(33-25(31-19)26(35)34-27(2,3)16-36-4)32-21-10-6-5-9-20(21)30-23(28)22-11-7-8-14-29-22;;;/h7-8,11-15,20-21H,5-6,9-10,16H2,1-4H3,(H2,28,30)(H,34,35)(H,31,32,33);3*1H/t20-,21+;;;/m1.../s1. The lowest BCUT2D eigenvalue weighted by molar-refractivity contribution is 0.0810. The Labute approximate surface area is 248 Å². The molecule has 2 atom stereocenters. The fourth-order valence-electron chi connectivity index (χ4n) is 4.58. The number of hydrogen-bond donors (Lipinski definition) is 3. The number of benzene rings is 1. The van der Waals surface area contributed by atoms with Crippen molar-refractivity contribution in [3.8, 4) is 0 Å². The van der Waals surface area contributed by atoms with Crippen molar-refractivity contribution >= 4 is 65.7 Å². The van der Waals surface area contributed by atoms with Gasteiger partial charge in [-0.05, 0) is 57.9 Å². The minimum atomic E-state index is -0.558. The van der Waals surface area contributed by atoms with E-state index in [1.165, 1.54) is 0 Å². The number of aromatic nitrogens is 3. The predicted molar refractivity (Wildman–Crippen MR) is 164 cm³/mol. The Morgan fingerprint density at radius 3 is 2.56 bits per heavy atom. The van der Waals surface area contributed by atoms with Crippen molar-refractivity contribution in [2.45, 2.75) is 64.1 Å². The maximum Gasteiger partial charge on any atom is 0.289 e. The van der Waals surface area contributed by atoms with E-state index in [0.717, 1.165) is 36.6 Å². The molecular weight excluding hydrogens is 561 g/mol. The number of hydrogen-bond acceptors (Lipinski definition) is 7. The van der Waals surface area contributed by atoms with Gasteiger partial charge < -0.3 is 21.1 Å². The molecule has 2 aromatic heterocycles. The second-order valence-corrected chi connectivity index (χ2v) is 10.0. The van der Waals surface area contributed by atoms with Crippen molar-refractivity contribution < 1.29 is 9.53 Å². The number of aliphatic imine (C=N–C) groups is 1. The summed E-state index contributed by atoms with van der Waals surface area (Å²) in [4.78, 5) is 31.5. The van der Waals surface area contributed by atoms with Crippen LogP contribution in [0.3, 0.4) is 0 Å². The van der Waals surface area contributed by atoms with Crippen molar-refractivity contribution in [1.29, 1.82) is 0 Å². The number of nitrogens with zero attached hydrogens (tertiary/aromatic N) is 4. The molecule has 12 heteroatoms. The maximum atomic E-state index is 13.1. The zero-order chi connectivity index (χ0) is 25.7. The van der Waals surface area contributed by atoms with E-state index in [1.807, 2.05) is 57.2 Å². The van der Waals surface area contributed by atoms with E-state index in [2.05, 4.69) is 25.6 Å². The smallest absolute Gasteiger partial charge is 0.289 e. The lowest BCUT2D eigenvalue weighted by atomic mass is 9.90. The molecule has 0 bridgehead atoms. The number of carbonyl (C=O) groups excluding carboxylic acids is 1. The molecule has 9 nitrogen and oxygen atoms in total. The second kappa shape index (κ2) is 15.2. The molecule has 214 valence electrons. The molecule has 0 spiro atoms. The SMILES string of the molecule is COCC(C)(C)NC(=O)c1nc(N[C@H]2CCCC[C@H]2N=C(N)c2ccccn2)c2cc(C)ccc2n1.Cl.Cl.Cl. The second-order valence-electron chi connectivity index (χ2n) is 10.0. The third-order valence-electron chi connectivity index (χ3n) is 6.30. The number of aryl methyl sites for hydroxylation is 1. The van der Waals surface area contributed by atoms with Crippen LogP contribution >= 0.6 is 37.2 Å². The molecule has 2 heterocycles. The van der Waals surface area contributed by atoms with Crippen molar-refractivity contribution in [3.05, 3.63) is 59.7 Å². The van der Waals surface area contributed by atoms with E-state index >= 15 is 0 Å². The van der Waals surface area contributed by atoms with Gasteiger partial charge in [0.2, 0.25) is 5.82 Å². The number of halogens is 3. The number of anilines is 1. The Balaban J connectivity index is 0.00000253. The summed E-state index contributed by atoms with van der Waals surface area (Å²) in [6.07, 6.45) is 5.70. The summed E-state index contributed by atoms with van der Waals surface area (Å²) in [5.74, 6) is 0.821. The average molecular weight is 599 g/mol. The minimum absolute atomic E-state index is 0. The highest BCUT2D eigenvalue weighted by molar-refractivity contribution is 5.97. The number of amidine groups is 1. The Morgan fingerprint density at radius 2 is 1.87 bits per heavy atom. The topological polar surface area (TPSA) is 127 Å². The molecule has 4 rings (SSSR count). The largest absolute Gasteiger partial charge is 0.382 e.